The molecule has 0 saturated heterocycles. The van der Waals surface area contributed by atoms with Gasteiger partial charge in [-0.2, -0.15) is 0 Å². The van der Waals surface area contributed by atoms with E-state index < -0.39 is 0 Å². The highest BCUT2D eigenvalue weighted by molar-refractivity contribution is 5.42. The van der Waals surface area contributed by atoms with E-state index in [-0.39, 0.29) is 0 Å². The second-order valence-corrected chi connectivity index (χ2v) is 3.64. The highest BCUT2D eigenvalue weighted by Crippen LogP contribution is 2.11. The van der Waals surface area contributed by atoms with Gasteiger partial charge in [0.15, 0.2) is 0 Å². The first-order valence-electron chi connectivity index (χ1n) is 5.39. The molecule has 88 valence electrons. The van der Waals surface area contributed by atoms with Gasteiger partial charge in [-0.05, 0) is 38.8 Å². The Labute approximate surface area is 98.0 Å². The number of rotatable bonds is 7. The second kappa shape index (κ2) is 8.72. The molecule has 0 saturated carbocycles. The minimum atomic E-state index is 0.402. The van der Waals surface area contributed by atoms with E-state index in [1.165, 1.54) is 17.2 Å². The normalized spacial score (nSPS) is 13.6. The zero-order chi connectivity index (χ0) is 12.4. The Kier molecular flexibility index (Phi) is 7.86. The Morgan fingerprint density at radius 2 is 1.94 bits per heavy atom. The van der Waals surface area contributed by atoms with E-state index >= 15 is 0 Å². The molecule has 0 radical (unpaired) electrons. The summed E-state index contributed by atoms with van der Waals surface area (Å²) in [6.45, 7) is 10.2. The van der Waals surface area contributed by atoms with E-state index in [1.54, 1.807) is 6.08 Å². The molecule has 0 fully saturated rings. The summed E-state index contributed by atoms with van der Waals surface area (Å²) < 4.78 is 4.70. The fourth-order valence-corrected chi connectivity index (χ4v) is 1.35. The van der Waals surface area contributed by atoms with E-state index in [0.717, 1.165) is 12.8 Å². The quantitative estimate of drug-likeness (QED) is 0.281. The third-order valence-corrected chi connectivity index (χ3v) is 2.03. The standard InChI is InChI=1S/C14H20O2/c1-5-7-12(3)10-13(4)8-9-14(6-2)16-11-15/h6-9,11H,2,5,10H2,1,3-4H3/b12-7+,13-8+,14-9+. The summed E-state index contributed by atoms with van der Waals surface area (Å²) in [5.41, 5.74) is 2.57. The van der Waals surface area contributed by atoms with Crippen molar-refractivity contribution in [1.29, 1.82) is 0 Å². The fourth-order valence-electron chi connectivity index (χ4n) is 1.35. The molecule has 0 amide bonds. The molecule has 0 aliphatic carbocycles. The van der Waals surface area contributed by atoms with Gasteiger partial charge in [-0.3, -0.25) is 4.79 Å². The molecule has 0 atom stereocenters. The lowest BCUT2D eigenvalue weighted by Gasteiger charge is -2.01. The van der Waals surface area contributed by atoms with Crippen molar-refractivity contribution in [3.8, 4) is 0 Å². The lowest BCUT2D eigenvalue weighted by Crippen LogP contribution is -1.85. The lowest BCUT2D eigenvalue weighted by molar-refractivity contribution is -0.124. The van der Waals surface area contributed by atoms with Crippen molar-refractivity contribution in [1.82, 2.24) is 0 Å². The van der Waals surface area contributed by atoms with Gasteiger partial charge in [-0.25, -0.2) is 0 Å². The van der Waals surface area contributed by atoms with E-state index in [9.17, 15) is 4.79 Å². The predicted molar refractivity (Wildman–Crippen MR) is 67.9 cm³/mol. The van der Waals surface area contributed by atoms with Crippen molar-refractivity contribution >= 4 is 6.47 Å². The number of carbonyl (C=O) groups excluding carboxylic acids is 1. The monoisotopic (exact) mass is 220 g/mol. The molecule has 0 N–H and O–H groups in total. The summed E-state index contributed by atoms with van der Waals surface area (Å²) in [7, 11) is 0. The summed E-state index contributed by atoms with van der Waals surface area (Å²) >= 11 is 0. The van der Waals surface area contributed by atoms with Crippen LogP contribution in [0.5, 0.6) is 0 Å². The van der Waals surface area contributed by atoms with Crippen LogP contribution in [0.2, 0.25) is 0 Å². The maximum Gasteiger partial charge on any atom is 0.298 e. The van der Waals surface area contributed by atoms with Crippen molar-refractivity contribution in [3.63, 3.8) is 0 Å². The van der Waals surface area contributed by atoms with Crippen LogP contribution in [0.15, 0.2) is 47.8 Å². The maximum atomic E-state index is 10.1. The van der Waals surface area contributed by atoms with Crippen LogP contribution in [0.4, 0.5) is 0 Å². The summed E-state index contributed by atoms with van der Waals surface area (Å²) in [5.74, 6) is 0.464. The van der Waals surface area contributed by atoms with Gasteiger partial charge in [0.1, 0.15) is 5.76 Å². The van der Waals surface area contributed by atoms with Gasteiger partial charge >= 0.3 is 0 Å². The first-order chi connectivity index (χ1) is 7.63. The number of carbonyl (C=O) groups is 1. The van der Waals surface area contributed by atoms with Crippen LogP contribution in [0.25, 0.3) is 0 Å². The van der Waals surface area contributed by atoms with E-state index in [2.05, 4.69) is 26.5 Å². The van der Waals surface area contributed by atoms with Gasteiger partial charge in [-0.1, -0.05) is 36.8 Å². The highest BCUT2D eigenvalue weighted by Gasteiger charge is 1.92. The lowest BCUT2D eigenvalue weighted by atomic mass is 10.1. The molecule has 16 heavy (non-hydrogen) atoms. The third-order valence-electron chi connectivity index (χ3n) is 2.03. The molecule has 0 bridgehead atoms. The average Bonchev–Trinajstić information content (AvgIpc) is 2.24. The minimum absolute atomic E-state index is 0.402. The van der Waals surface area contributed by atoms with Gasteiger partial charge < -0.3 is 4.74 Å². The number of hydrogen-bond acceptors (Lipinski definition) is 2. The summed E-state index contributed by atoms with van der Waals surface area (Å²) in [4.78, 5) is 10.1. The molecular weight excluding hydrogens is 200 g/mol. The zero-order valence-corrected chi connectivity index (χ0v) is 10.3. The number of ether oxygens (including phenoxy) is 1. The average molecular weight is 220 g/mol. The Balaban J connectivity index is 4.47. The number of hydrogen-bond donors (Lipinski definition) is 0. The van der Waals surface area contributed by atoms with Crippen molar-refractivity contribution in [3.05, 3.63) is 47.8 Å². The second-order valence-electron chi connectivity index (χ2n) is 3.64. The molecule has 2 nitrogen and oxygen atoms in total. The van der Waals surface area contributed by atoms with Crippen LogP contribution in [0.3, 0.4) is 0 Å². The highest BCUT2D eigenvalue weighted by atomic mass is 16.5. The van der Waals surface area contributed by atoms with Crippen molar-refractivity contribution in [2.24, 2.45) is 0 Å². The Hall–Kier alpha value is -1.57. The molecule has 0 aromatic rings. The topological polar surface area (TPSA) is 26.3 Å². The van der Waals surface area contributed by atoms with Gasteiger partial charge in [0.05, 0.1) is 0 Å². The molecule has 0 aromatic heterocycles. The molecule has 0 unspecified atom stereocenters. The zero-order valence-electron chi connectivity index (χ0n) is 10.3. The van der Waals surface area contributed by atoms with E-state index in [1.807, 2.05) is 13.0 Å². The first kappa shape index (κ1) is 14.4. The van der Waals surface area contributed by atoms with Gasteiger partial charge in [0.25, 0.3) is 6.47 Å². The third kappa shape index (κ3) is 6.82. The van der Waals surface area contributed by atoms with E-state index in [0.29, 0.717) is 12.2 Å². The van der Waals surface area contributed by atoms with E-state index in [4.69, 9.17) is 4.74 Å². The Bertz CT molecular complexity index is 320. The molecule has 0 aliphatic rings. The molecule has 0 heterocycles. The SMILES string of the molecule is C=C/C(=C\C=C(/C)C/C(C)=C/CC)OC=O. The molecule has 0 spiro atoms. The van der Waals surface area contributed by atoms with Crippen LogP contribution in [-0.4, -0.2) is 6.47 Å². The van der Waals surface area contributed by atoms with Gasteiger partial charge in [0.2, 0.25) is 0 Å². The van der Waals surface area contributed by atoms with Crippen molar-refractivity contribution in [2.45, 2.75) is 33.6 Å². The van der Waals surface area contributed by atoms with Crippen LogP contribution >= 0.6 is 0 Å². The largest absolute Gasteiger partial charge is 0.429 e. The van der Waals surface area contributed by atoms with Crippen molar-refractivity contribution in [2.75, 3.05) is 0 Å². The van der Waals surface area contributed by atoms with Crippen LogP contribution in [0, 0.1) is 0 Å². The van der Waals surface area contributed by atoms with Crippen LogP contribution in [0.1, 0.15) is 33.6 Å². The summed E-state index contributed by atoms with van der Waals surface area (Å²) in [6.07, 6.45) is 9.39. The first-order valence-corrected chi connectivity index (χ1v) is 5.39. The Morgan fingerprint density at radius 3 is 2.44 bits per heavy atom. The van der Waals surface area contributed by atoms with Crippen molar-refractivity contribution < 1.29 is 9.53 Å². The molecule has 0 aromatic carbocycles. The van der Waals surface area contributed by atoms with Gasteiger partial charge in [0, 0.05) is 0 Å². The summed E-state index contributed by atoms with van der Waals surface area (Å²) in [5, 5.41) is 0. The fraction of sp³-hybridized carbons (Fsp3) is 0.357. The van der Waals surface area contributed by atoms with Crippen LogP contribution in [-0.2, 0) is 9.53 Å². The van der Waals surface area contributed by atoms with Crippen LogP contribution < -0.4 is 0 Å². The molecule has 0 aliphatic heterocycles. The molecular formula is C14H20O2. The smallest absolute Gasteiger partial charge is 0.298 e. The molecule has 2 heteroatoms. The minimum Gasteiger partial charge on any atom is -0.429 e. The summed E-state index contributed by atoms with van der Waals surface area (Å²) in [6, 6.07) is 0. The van der Waals surface area contributed by atoms with Gasteiger partial charge in [-0.15, -0.1) is 0 Å². The number of allylic oxidation sites excluding steroid dienone is 6. The molecule has 0 rings (SSSR count). The maximum absolute atomic E-state index is 10.1. The Morgan fingerprint density at radius 1 is 1.25 bits per heavy atom. The predicted octanol–water partition coefficient (Wildman–Crippen LogP) is 3.92.